The van der Waals surface area contributed by atoms with E-state index in [4.69, 9.17) is 9.52 Å². The van der Waals surface area contributed by atoms with E-state index in [0.717, 1.165) is 17.2 Å². The Morgan fingerprint density at radius 1 is 1.55 bits per heavy atom. The molecule has 0 aromatic carbocycles. The largest absolute Gasteiger partial charge is 0.478 e. The summed E-state index contributed by atoms with van der Waals surface area (Å²) in [6.07, 6.45) is 4.73. The number of carboxylic acid groups (broad SMARTS) is 1. The fourth-order valence-electron chi connectivity index (χ4n) is 1.84. The predicted octanol–water partition coefficient (Wildman–Crippen LogP) is 2.98. The summed E-state index contributed by atoms with van der Waals surface area (Å²) < 4.78 is 7.23. The van der Waals surface area contributed by atoms with Crippen molar-refractivity contribution in [3.8, 4) is 22.2 Å². The molecule has 20 heavy (non-hydrogen) atoms. The second-order valence-corrected chi connectivity index (χ2v) is 4.97. The molecule has 0 aliphatic carbocycles. The number of carbonyl (C=O) groups is 1. The van der Waals surface area contributed by atoms with Gasteiger partial charge in [-0.3, -0.25) is 0 Å². The summed E-state index contributed by atoms with van der Waals surface area (Å²) in [5.41, 5.74) is 1.68. The van der Waals surface area contributed by atoms with Crippen molar-refractivity contribution in [2.45, 2.75) is 13.5 Å². The lowest BCUT2D eigenvalue weighted by atomic mass is 10.3. The summed E-state index contributed by atoms with van der Waals surface area (Å²) in [6.45, 7) is 2.85. The molecule has 0 radical (unpaired) electrons. The first-order chi connectivity index (χ1) is 9.69. The molecule has 3 heterocycles. The van der Waals surface area contributed by atoms with Crippen LogP contribution in [0.2, 0.25) is 0 Å². The first-order valence-electron chi connectivity index (χ1n) is 5.97. The van der Waals surface area contributed by atoms with E-state index in [1.54, 1.807) is 12.5 Å². The maximum atomic E-state index is 10.8. The van der Waals surface area contributed by atoms with Crippen LogP contribution in [0.15, 0.2) is 34.7 Å². The first kappa shape index (κ1) is 12.6. The number of aromatic carboxylic acids is 1. The molecule has 0 amide bonds. The SMILES string of the molecule is CCn1cncc1-c1nc(-c2cc(C(=O)O)co2)cs1. The number of furan rings is 1. The van der Waals surface area contributed by atoms with Crippen LogP contribution in [-0.2, 0) is 6.54 Å². The minimum absolute atomic E-state index is 0.119. The highest BCUT2D eigenvalue weighted by molar-refractivity contribution is 7.13. The highest BCUT2D eigenvalue weighted by Crippen LogP contribution is 2.29. The third-order valence-corrected chi connectivity index (χ3v) is 3.74. The van der Waals surface area contributed by atoms with Crippen molar-refractivity contribution in [1.29, 1.82) is 0 Å². The lowest BCUT2D eigenvalue weighted by molar-refractivity contribution is 0.0696. The molecule has 6 nitrogen and oxygen atoms in total. The minimum Gasteiger partial charge on any atom is -0.478 e. The summed E-state index contributed by atoms with van der Waals surface area (Å²) >= 11 is 1.47. The smallest absolute Gasteiger partial charge is 0.338 e. The van der Waals surface area contributed by atoms with Crippen LogP contribution in [0.5, 0.6) is 0 Å². The van der Waals surface area contributed by atoms with Gasteiger partial charge in [0.2, 0.25) is 0 Å². The normalized spacial score (nSPS) is 10.8. The van der Waals surface area contributed by atoms with E-state index in [-0.39, 0.29) is 5.56 Å². The molecule has 0 aliphatic heterocycles. The van der Waals surface area contributed by atoms with E-state index in [9.17, 15) is 4.79 Å². The molecule has 102 valence electrons. The summed E-state index contributed by atoms with van der Waals surface area (Å²) in [5, 5.41) is 11.5. The summed E-state index contributed by atoms with van der Waals surface area (Å²) in [5.74, 6) is -0.563. The van der Waals surface area contributed by atoms with Gasteiger partial charge in [-0.25, -0.2) is 14.8 Å². The molecule has 3 aromatic heterocycles. The van der Waals surface area contributed by atoms with Crippen molar-refractivity contribution in [2.75, 3.05) is 0 Å². The molecule has 0 aliphatic rings. The quantitative estimate of drug-likeness (QED) is 0.798. The average molecular weight is 289 g/mol. The van der Waals surface area contributed by atoms with Crippen molar-refractivity contribution < 1.29 is 14.3 Å². The van der Waals surface area contributed by atoms with E-state index in [0.29, 0.717) is 11.5 Å². The van der Waals surface area contributed by atoms with Gasteiger partial charge in [0, 0.05) is 18.0 Å². The molecule has 0 atom stereocenters. The molecule has 0 saturated heterocycles. The summed E-state index contributed by atoms with van der Waals surface area (Å²) in [6, 6.07) is 1.47. The van der Waals surface area contributed by atoms with Crippen molar-refractivity contribution in [2.24, 2.45) is 0 Å². The van der Waals surface area contributed by atoms with Gasteiger partial charge in [0.1, 0.15) is 17.0 Å². The molecule has 0 saturated carbocycles. The third kappa shape index (κ3) is 2.12. The molecule has 0 bridgehead atoms. The number of aryl methyl sites for hydroxylation is 1. The van der Waals surface area contributed by atoms with Crippen LogP contribution in [0.4, 0.5) is 0 Å². The van der Waals surface area contributed by atoms with E-state index in [1.807, 2.05) is 16.9 Å². The standard InChI is InChI=1S/C13H11N3O3S/c1-2-16-7-14-4-10(16)12-15-9(6-20-12)11-3-8(5-19-11)13(17)18/h3-7H,2H2,1H3,(H,17,18). The van der Waals surface area contributed by atoms with Crippen molar-refractivity contribution >= 4 is 17.3 Å². The number of nitrogens with zero attached hydrogens (tertiary/aromatic N) is 3. The Bertz CT molecular complexity index is 756. The fraction of sp³-hybridized carbons (Fsp3) is 0.154. The Morgan fingerprint density at radius 3 is 3.10 bits per heavy atom. The third-order valence-electron chi connectivity index (χ3n) is 2.88. The first-order valence-corrected chi connectivity index (χ1v) is 6.85. The Morgan fingerprint density at radius 2 is 2.40 bits per heavy atom. The molecule has 3 aromatic rings. The average Bonchev–Trinajstić information content (AvgIpc) is 3.17. The zero-order valence-corrected chi connectivity index (χ0v) is 11.4. The van der Waals surface area contributed by atoms with Crippen LogP contribution in [-0.4, -0.2) is 25.6 Å². The van der Waals surface area contributed by atoms with Gasteiger partial charge in [0.25, 0.3) is 0 Å². The van der Waals surface area contributed by atoms with Gasteiger partial charge in [-0.2, -0.15) is 0 Å². The van der Waals surface area contributed by atoms with Gasteiger partial charge in [-0.05, 0) is 6.92 Å². The lowest BCUT2D eigenvalue weighted by Gasteiger charge is -2.00. The Kier molecular flexibility index (Phi) is 3.11. The number of carboxylic acids is 1. The van der Waals surface area contributed by atoms with Crippen LogP contribution in [0, 0.1) is 0 Å². The molecular weight excluding hydrogens is 278 g/mol. The van der Waals surface area contributed by atoms with Gasteiger partial charge in [0.05, 0.1) is 23.8 Å². The molecule has 0 fully saturated rings. The van der Waals surface area contributed by atoms with Gasteiger partial charge >= 0.3 is 5.97 Å². The van der Waals surface area contributed by atoms with E-state index in [2.05, 4.69) is 9.97 Å². The Balaban J connectivity index is 1.95. The van der Waals surface area contributed by atoms with Crippen molar-refractivity contribution in [3.63, 3.8) is 0 Å². The minimum atomic E-state index is -1.01. The molecule has 7 heteroatoms. The monoisotopic (exact) mass is 289 g/mol. The fourth-order valence-corrected chi connectivity index (χ4v) is 2.67. The topological polar surface area (TPSA) is 81.2 Å². The van der Waals surface area contributed by atoms with Gasteiger partial charge in [-0.1, -0.05) is 0 Å². The maximum Gasteiger partial charge on any atom is 0.338 e. The molecule has 0 unspecified atom stereocenters. The van der Waals surface area contributed by atoms with Crippen molar-refractivity contribution in [1.82, 2.24) is 14.5 Å². The molecular formula is C13H11N3O3S. The lowest BCUT2D eigenvalue weighted by Crippen LogP contribution is -1.94. The Hall–Kier alpha value is -2.41. The van der Waals surface area contributed by atoms with Gasteiger partial charge < -0.3 is 14.1 Å². The van der Waals surface area contributed by atoms with Crippen LogP contribution >= 0.6 is 11.3 Å². The van der Waals surface area contributed by atoms with Gasteiger partial charge in [-0.15, -0.1) is 11.3 Å². The van der Waals surface area contributed by atoms with Crippen LogP contribution < -0.4 is 0 Å². The van der Waals surface area contributed by atoms with Gasteiger partial charge in [0.15, 0.2) is 5.76 Å². The van der Waals surface area contributed by atoms with E-state index in [1.165, 1.54) is 23.7 Å². The van der Waals surface area contributed by atoms with E-state index < -0.39 is 5.97 Å². The van der Waals surface area contributed by atoms with Crippen LogP contribution in [0.25, 0.3) is 22.2 Å². The molecule has 1 N–H and O–H groups in total. The van der Waals surface area contributed by atoms with E-state index >= 15 is 0 Å². The summed E-state index contributed by atoms with van der Waals surface area (Å²) in [4.78, 5) is 19.4. The number of aromatic nitrogens is 3. The predicted molar refractivity (Wildman–Crippen MR) is 73.7 cm³/mol. The number of imidazole rings is 1. The zero-order valence-electron chi connectivity index (χ0n) is 10.6. The molecule has 3 rings (SSSR count). The molecule has 0 spiro atoms. The number of hydrogen-bond donors (Lipinski definition) is 1. The van der Waals surface area contributed by atoms with Crippen LogP contribution in [0.1, 0.15) is 17.3 Å². The number of thiazole rings is 1. The highest BCUT2D eigenvalue weighted by Gasteiger charge is 2.14. The van der Waals surface area contributed by atoms with Crippen LogP contribution in [0.3, 0.4) is 0 Å². The summed E-state index contributed by atoms with van der Waals surface area (Å²) in [7, 11) is 0. The zero-order chi connectivity index (χ0) is 14.1. The number of hydrogen-bond acceptors (Lipinski definition) is 5. The van der Waals surface area contributed by atoms with Crippen molar-refractivity contribution in [3.05, 3.63) is 35.8 Å². The second-order valence-electron chi connectivity index (χ2n) is 4.11. The Labute approximate surface area is 118 Å². The highest BCUT2D eigenvalue weighted by atomic mass is 32.1. The number of rotatable bonds is 4. The second kappa shape index (κ2) is 4.93. The maximum absolute atomic E-state index is 10.8.